The van der Waals surface area contributed by atoms with E-state index in [0.29, 0.717) is 6.04 Å². The van der Waals surface area contributed by atoms with Gasteiger partial charge in [-0.3, -0.25) is 14.8 Å². The highest BCUT2D eigenvalue weighted by atomic mass is 15.3. The van der Waals surface area contributed by atoms with Crippen molar-refractivity contribution >= 4 is 6.21 Å². The molecular weight excluding hydrogens is 200 g/mol. The summed E-state index contributed by atoms with van der Waals surface area (Å²) in [5.41, 5.74) is 6.14. The first kappa shape index (κ1) is 10.7. The quantitative estimate of drug-likeness (QED) is 0.676. The van der Waals surface area contributed by atoms with Crippen LogP contribution in [0.1, 0.15) is 19.3 Å². The van der Waals surface area contributed by atoms with Crippen molar-refractivity contribution in [1.82, 2.24) is 9.80 Å². The molecule has 3 aliphatic heterocycles. The Labute approximate surface area is 97.5 Å². The van der Waals surface area contributed by atoms with Gasteiger partial charge in [-0.25, -0.2) is 0 Å². The molecule has 0 amide bonds. The first-order valence-electron chi connectivity index (χ1n) is 6.58. The van der Waals surface area contributed by atoms with Crippen molar-refractivity contribution in [2.24, 2.45) is 10.7 Å². The molecule has 3 heterocycles. The minimum absolute atomic E-state index is 0.154. The molecule has 0 radical (unpaired) electrons. The summed E-state index contributed by atoms with van der Waals surface area (Å²) < 4.78 is 0. The number of nitrogens with two attached hydrogens (primary N) is 1. The average molecular weight is 222 g/mol. The standard InChI is InChI=1S/C12H22N4/c13-11-8-14-4-3-12(11)16-7-6-15-5-1-2-10(15)9-16/h8,10-12H,1-7,9,13H2/t10-,11?,12?/m0/s1. The van der Waals surface area contributed by atoms with Gasteiger partial charge in [0.25, 0.3) is 0 Å². The predicted molar refractivity (Wildman–Crippen MR) is 65.9 cm³/mol. The Morgan fingerprint density at radius 1 is 1.12 bits per heavy atom. The first-order chi connectivity index (χ1) is 7.84. The highest BCUT2D eigenvalue weighted by molar-refractivity contribution is 5.66. The Bertz CT molecular complexity index is 278. The summed E-state index contributed by atoms with van der Waals surface area (Å²) >= 11 is 0. The van der Waals surface area contributed by atoms with E-state index in [1.165, 1.54) is 39.0 Å². The van der Waals surface area contributed by atoms with Crippen molar-refractivity contribution in [2.75, 3.05) is 32.7 Å². The number of piperazine rings is 1. The van der Waals surface area contributed by atoms with Crippen LogP contribution in [0.15, 0.2) is 4.99 Å². The van der Waals surface area contributed by atoms with Crippen molar-refractivity contribution in [3.63, 3.8) is 0 Å². The maximum absolute atomic E-state index is 6.14. The lowest BCUT2D eigenvalue weighted by Crippen LogP contribution is -2.59. The van der Waals surface area contributed by atoms with Gasteiger partial charge < -0.3 is 5.73 Å². The maximum Gasteiger partial charge on any atom is 0.0553 e. The molecule has 0 aromatic carbocycles. The molecule has 0 bridgehead atoms. The fourth-order valence-corrected chi connectivity index (χ4v) is 3.44. The maximum atomic E-state index is 6.14. The minimum Gasteiger partial charge on any atom is -0.322 e. The largest absolute Gasteiger partial charge is 0.322 e. The van der Waals surface area contributed by atoms with Crippen molar-refractivity contribution < 1.29 is 0 Å². The third-order valence-corrected chi connectivity index (χ3v) is 4.36. The molecule has 2 saturated heterocycles. The monoisotopic (exact) mass is 222 g/mol. The lowest BCUT2D eigenvalue weighted by molar-refractivity contribution is 0.0655. The summed E-state index contributed by atoms with van der Waals surface area (Å²) in [6.45, 7) is 5.94. The molecule has 3 atom stereocenters. The zero-order valence-electron chi connectivity index (χ0n) is 9.89. The summed E-state index contributed by atoms with van der Waals surface area (Å²) in [5, 5.41) is 0. The van der Waals surface area contributed by atoms with E-state index in [1.807, 2.05) is 6.21 Å². The highest BCUT2D eigenvalue weighted by Gasteiger charge is 2.35. The molecule has 4 heteroatoms. The van der Waals surface area contributed by atoms with E-state index in [9.17, 15) is 0 Å². The van der Waals surface area contributed by atoms with Crippen LogP contribution in [0.5, 0.6) is 0 Å². The van der Waals surface area contributed by atoms with Crippen molar-refractivity contribution in [2.45, 2.75) is 37.4 Å². The van der Waals surface area contributed by atoms with Crippen LogP contribution in [-0.2, 0) is 0 Å². The molecule has 2 unspecified atom stereocenters. The Morgan fingerprint density at radius 2 is 2.00 bits per heavy atom. The van der Waals surface area contributed by atoms with Gasteiger partial charge in [0.1, 0.15) is 0 Å². The van der Waals surface area contributed by atoms with E-state index in [0.717, 1.165) is 19.0 Å². The van der Waals surface area contributed by atoms with Crippen molar-refractivity contribution in [1.29, 1.82) is 0 Å². The second-order valence-corrected chi connectivity index (χ2v) is 5.32. The molecule has 2 N–H and O–H groups in total. The van der Waals surface area contributed by atoms with Crippen LogP contribution in [0.3, 0.4) is 0 Å². The molecule has 2 fully saturated rings. The number of aliphatic imine (C=N–C) groups is 1. The fourth-order valence-electron chi connectivity index (χ4n) is 3.44. The Hall–Kier alpha value is -0.450. The SMILES string of the molecule is NC1C=NCCC1N1CCN2CCC[C@H]2C1. The average Bonchev–Trinajstić information content (AvgIpc) is 2.76. The summed E-state index contributed by atoms with van der Waals surface area (Å²) in [4.78, 5) is 9.55. The van der Waals surface area contributed by atoms with Gasteiger partial charge in [-0.15, -0.1) is 0 Å². The summed E-state index contributed by atoms with van der Waals surface area (Å²) in [5.74, 6) is 0. The van der Waals surface area contributed by atoms with E-state index in [4.69, 9.17) is 5.73 Å². The smallest absolute Gasteiger partial charge is 0.0553 e. The lowest BCUT2D eigenvalue weighted by atomic mass is 10.00. The van der Waals surface area contributed by atoms with Crippen LogP contribution < -0.4 is 5.73 Å². The molecule has 4 nitrogen and oxygen atoms in total. The predicted octanol–water partition coefficient (Wildman–Crippen LogP) is -0.0632. The molecular formula is C12H22N4. The molecule has 0 aromatic rings. The van der Waals surface area contributed by atoms with Crippen LogP contribution in [-0.4, -0.2) is 66.9 Å². The van der Waals surface area contributed by atoms with Crippen LogP contribution in [0.4, 0.5) is 0 Å². The third kappa shape index (κ3) is 1.90. The fraction of sp³-hybridized carbons (Fsp3) is 0.917. The molecule has 3 rings (SSSR count). The number of nitrogens with zero attached hydrogens (tertiary/aromatic N) is 3. The Kier molecular flexibility index (Phi) is 2.96. The summed E-state index contributed by atoms with van der Waals surface area (Å²) in [6, 6.07) is 1.50. The van der Waals surface area contributed by atoms with E-state index >= 15 is 0 Å². The number of hydrogen-bond donors (Lipinski definition) is 1. The van der Waals surface area contributed by atoms with E-state index in [2.05, 4.69) is 14.8 Å². The molecule has 90 valence electrons. The Balaban J connectivity index is 1.65. The zero-order chi connectivity index (χ0) is 11.0. The van der Waals surface area contributed by atoms with Gasteiger partial charge in [-0.2, -0.15) is 0 Å². The van der Waals surface area contributed by atoms with Gasteiger partial charge in [0.05, 0.1) is 6.04 Å². The number of fused-ring (bicyclic) bond motifs is 1. The summed E-state index contributed by atoms with van der Waals surface area (Å²) in [6.07, 6.45) is 5.86. The van der Waals surface area contributed by atoms with E-state index in [-0.39, 0.29) is 6.04 Å². The minimum atomic E-state index is 0.154. The molecule has 16 heavy (non-hydrogen) atoms. The number of rotatable bonds is 1. The summed E-state index contributed by atoms with van der Waals surface area (Å²) in [7, 11) is 0. The molecule has 0 aliphatic carbocycles. The molecule has 0 aromatic heterocycles. The van der Waals surface area contributed by atoms with Gasteiger partial charge in [-0.1, -0.05) is 0 Å². The highest BCUT2D eigenvalue weighted by Crippen LogP contribution is 2.24. The van der Waals surface area contributed by atoms with Crippen LogP contribution in [0, 0.1) is 0 Å². The van der Waals surface area contributed by atoms with Crippen molar-refractivity contribution in [3.8, 4) is 0 Å². The third-order valence-electron chi connectivity index (χ3n) is 4.36. The second kappa shape index (κ2) is 4.43. The van der Waals surface area contributed by atoms with Gasteiger partial charge in [-0.05, 0) is 25.8 Å². The number of hydrogen-bond acceptors (Lipinski definition) is 4. The van der Waals surface area contributed by atoms with Gasteiger partial charge in [0.2, 0.25) is 0 Å². The van der Waals surface area contributed by atoms with E-state index in [1.54, 1.807) is 0 Å². The van der Waals surface area contributed by atoms with Crippen molar-refractivity contribution in [3.05, 3.63) is 0 Å². The van der Waals surface area contributed by atoms with E-state index < -0.39 is 0 Å². The van der Waals surface area contributed by atoms with Gasteiger partial charge >= 0.3 is 0 Å². The van der Waals surface area contributed by atoms with Crippen LogP contribution in [0.2, 0.25) is 0 Å². The first-order valence-corrected chi connectivity index (χ1v) is 6.58. The topological polar surface area (TPSA) is 44.9 Å². The van der Waals surface area contributed by atoms with Gasteiger partial charge in [0.15, 0.2) is 0 Å². The van der Waals surface area contributed by atoms with Gasteiger partial charge in [0, 0.05) is 44.5 Å². The molecule has 0 spiro atoms. The zero-order valence-corrected chi connectivity index (χ0v) is 9.89. The lowest BCUT2D eigenvalue weighted by Gasteiger charge is -2.43. The van der Waals surface area contributed by atoms with Crippen LogP contribution >= 0.6 is 0 Å². The Morgan fingerprint density at radius 3 is 2.88 bits per heavy atom. The van der Waals surface area contributed by atoms with Crippen LogP contribution in [0.25, 0.3) is 0 Å². The second-order valence-electron chi connectivity index (χ2n) is 5.32. The molecule has 0 saturated carbocycles. The normalized spacial score (nSPS) is 41.2. The molecule has 3 aliphatic rings.